The van der Waals surface area contributed by atoms with Gasteiger partial charge in [-0.15, -0.1) is 0 Å². The van der Waals surface area contributed by atoms with E-state index in [0.29, 0.717) is 5.92 Å². The maximum Gasteiger partial charge on any atom is 0.255 e. The van der Waals surface area contributed by atoms with E-state index in [2.05, 4.69) is 28.9 Å². The van der Waals surface area contributed by atoms with E-state index in [1.165, 1.54) is 12.8 Å². The van der Waals surface area contributed by atoms with Crippen LogP contribution in [-0.2, 0) is 4.79 Å². The van der Waals surface area contributed by atoms with Crippen LogP contribution in [0, 0.1) is 6.92 Å². The second-order valence-electron chi connectivity index (χ2n) is 9.47. The minimum absolute atomic E-state index is 0.0616. The van der Waals surface area contributed by atoms with Gasteiger partial charge in [0, 0.05) is 55.6 Å². The zero-order chi connectivity index (χ0) is 23.2. The second kappa shape index (κ2) is 8.40. The molecule has 6 rings (SSSR count). The fourth-order valence-electron chi connectivity index (χ4n) is 4.93. The van der Waals surface area contributed by atoms with Crippen LogP contribution in [-0.4, -0.2) is 67.9 Å². The predicted molar refractivity (Wildman–Crippen MR) is 133 cm³/mol. The summed E-state index contributed by atoms with van der Waals surface area (Å²) in [6.07, 6.45) is 18.1. The number of carbonyl (C=O) groups is 1. The van der Waals surface area contributed by atoms with Gasteiger partial charge in [0.1, 0.15) is 0 Å². The van der Waals surface area contributed by atoms with Crippen molar-refractivity contribution < 1.29 is 4.79 Å². The van der Waals surface area contributed by atoms with Gasteiger partial charge in [-0.2, -0.15) is 5.10 Å². The molecule has 4 aliphatic rings. The molecule has 2 aromatic heterocycles. The number of carbonyl (C=O) groups excluding carboxylic acids is 1. The molecule has 0 atom stereocenters. The number of allylic oxidation sites excluding steroid dienone is 6. The van der Waals surface area contributed by atoms with Crippen LogP contribution < -0.4 is 0 Å². The topological polar surface area (TPSA) is 57.0 Å². The maximum atomic E-state index is 13.4. The van der Waals surface area contributed by atoms with E-state index >= 15 is 0 Å². The number of hydrogen-bond donors (Lipinski definition) is 0. The number of likely N-dealkylation sites (N-methyl/N-ethyl adjacent to an activating group) is 1. The molecule has 1 saturated carbocycles. The summed E-state index contributed by atoms with van der Waals surface area (Å²) in [6, 6.07) is 2.07. The average Bonchev–Trinajstić information content (AvgIpc) is 3.60. The normalized spacial score (nSPS) is 25.2. The van der Waals surface area contributed by atoms with Crippen LogP contribution >= 0.6 is 0 Å². The molecule has 7 nitrogen and oxygen atoms in total. The lowest BCUT2D eigenvalue weighted by Crippen LogP contribution is -2.46. The molecule has 7 heteroatoms. The van der Waals surface area contributed by atoms with Gasteiger partial charge in [0.2, 0.25) is 0 Å². The average molecular weight is 455 g/mol. The SMILES string of the molecule is CCN1CCN(C2=CN3C(=O)\C=C(c4cc5c(C6CC6)nc(C)cn5n4)/C=C/C=C/3C=C2)CC1. The molecule has 1 aliphatic carbocycles. The first kappa shape index (κ1) is 21.1. The van der Waals surface area contributed by atoms with Crippen molar-refractivity contribution in [2.24, 2.45) is 0 Å². The molecule has 0 aromatic carbocycles. The van der Waals surface area contributed by atoms with Crippen LogP contribution in [0.1, 0.15) is 42.8 Å². The third-order valence-corrected chi connectivity index (χ3v) is 7.07. The molecule has 2 aromatic rings. The lowest BCUT2D eigenvalue weighted by Gasteiger charge is -2.37. The van der Waals surface area contributed by atoms with Crippen molar-refractivity contribution in [1.82, 2.24) is 29.3 Å². The Labute approximate surface area is 200 Å². The number of rotatable bonds is 4. The number of amides is 1. The number of nitrogens with zero attached hydrogens (tertiary/aromatic N) is 6. The summed E-state index contributed by atoms with van der Waals surface area (Å²) in [5.41, 5.74) is 6.69. The Kier molecular flexibility index (Phi) is 5.21. The summed E-state index contributed by atoms with van der Waals surface area (Å²) in [6.45, 7) is 9.35. The first-order valence-corrected chi connectivity index (χ1v) is 12.3. The number of fused-ring (bicyclic) bond motifs is 2. The molecule has 0 bridgehead atoms. The van der Waals surface area contributed by atoms with Crippen molar-refractivity contribution in [1.29, 1.82) is 0 Å². The van der Waals surface area contributed by atoms with Crippen molar-refractivity contribution in [3.8, 4) is 0 Å². The molecule has 2 fully saturated rings. The van der Waals surface area contributed by atoms with Crippen LogP contribution in [0.15, 0.2) is 66.3 Å². The lowest BCUT2D eigenvalue weighted by molar-refractivity contribution is -0.122. The van der Waals surface area contributed by atoms with Crippen LogP contribution in [0.4, 0.5) is 0 Å². The Morgan fingerprint density at radius 2 is 1.85 bits per heavy atom. The van der Waals surface area contributed by atoms with Gasteiger partial charge in [-0.3, -0.25) is 14.7 Å². The molecule has 174 valence electrons. The van der Waals surface area contributed by atoms with Gasteiger partial charge in [0.15, 0.2) is 0 Å². The second-order valence-corrected chi connectivity index (χ2v) is 9.47. The van der Waals surface area contributed by atoms with Crippen LogP contribution in [0.5, 0.6) is 0 Å². The Hall–Kier alpha value is -3.45. The van der Waals surface area contributed by atoms with Crippen LogP contribution in [0.2, 0.25) is 0 Å². The van der Waals surface area contributed by atoms with Crippen LogP contribution in [0.3, 0.4) is 0 Å². The third-order valence-electron chi connectivity index (χ3n) is 7.07. The molecular weight excluding hydrogens is 424 g/mol. The lowest BCUT2D eigenvalue weighted by atomic mass is 10.1. The summed E-state index contributed by atoms with van der Waals surface area (Å²) in [7, 11) is 0. The highest BCUT2D eigenvalue weighted by atomic mass is 16.2. The Bertz CT molecular complexity index is 1300. The van der Waals surface area contributed by atoms with Crippen molar-refractivity contribution in [2.75, 3.05) is 32.7 Å². The summed E-state index contributed by atoms with van der Waals surface area (Å²) >= 11 is 0. The number of hydrogen-bond acceptors (Lipinski definition) is 5. The number of aryl methyl sites for hydroxylation is 1. The summed E-state index contributed by atoms with van der Waals surface area (Å²) in [5, 5.41) is 4.81. The minimum Gasteiger partial charge on any atom is -0.368 e. The van der Waals surface area contributed by atoms with E-state index in [-0.39, 0.29) is 5.91 Å². The third kappa shape index (κ3) is 3.90. The summed E-state index contributed by atoms with van der Waals surface area (Å²) < 4.78 is 1.92. The standard InChI is InChI=1S/C27H30N6O/c1-3-30-11-13-31(14-12-30)23-10-9-22-6-4-5-21(15-26(34)32(22)18-23)24-16-25-27(20-7-8-20)28-19(2)17-33(25)29-24/h4-6,9-10,15-18,20H,3,7-8,11-14H2,1-2H3/b5-4+,21-15+,22-6+. The van der Waals surface area contributed by atoms with Crippen molar-refractivity contribution in [3.63, 3.8) is 0 Å². The first-order valence-electron chi connectivity index (χ1n) is 12.3. The maximum absolute atomic E-state index is 13.4. The Balaban J connectivity index is 1.31. The van der Waals surface area contributed by atoms with E-state index in [1.807, 2.05) is 48.1 Å². The highest BCUT2D eigenvalue weighted by Gasteiger charge is 2.29. The zero-order valence-electron chi connectivity index (χ0n) is 19.8. The van der Waals surface area contributed by atoms with E-state index in [1.54, 1.807) is 11.0 Å². The molecule has 5 heterocycles. The van der Waals surface area contributed by atoms with Gasteiger partial charge in [-0.25, -0.2) is 4.52 Å². The first-order chi connectivity index (χ1) is 16.6. The van der Waals surface area contributed by atoms with Crippen molar-refractivity contribution >= 4 is 17.0 Å². The monoisotopic (exact) mass is 454 g/mol. The highest BCUT2D eigenvalue weighted by Crippen LogP contribution is 2.41. The smallest absolute Gasteiger partial charge is 0.255 e. The highest BCUT2D eigenvalue weighted by molar-refractivity contribution is 5.99. The molecule has 1 saturated heterocycles. The largest absolute Gasteiger partial charge is 0.368 e. The molecule has 1 amide bonds. The van der Waals surface area contributed by atoms with E-state index in [4.69, 9.17) is 10.1 Å². The Morgan fingerprint density at radius 1 is 1.06 bits per heavy atom. The number of piperazine rings is 1. The fourth-order valence-corrected chi connectivity index (χ4v) is 4.93. The predicted octanol–water partition coefficient (Wildman–Crippen LogP) is 3.63. The van der Waals surface area contributed by atoms with Crippen LogP contribution in [0.25, 0.3) is 11.1 Å². The molecule has 0 radical (unpaired) electrons. The van der Waals surface area contributed by atoms with Gasteiger partial charge in [0.25, 0.3) is 5.91 Å². The van der Waals surface area contributed by atoms with Crippen molar-refractivity contribution in [3.05, 3.63) is 83.4 Å². The van der Waals surface area contributed by atoms with E-state index in [0.717, 1.165) is 72.3 Å². The molecule has 0 spiro atoms. The zero-order valence-corrected chi connectivity index (χ0v) is 19.8. The summed E-state index contributed by atoms with van der Waals surface area (Å²) in [4.78, 5) is 24.7. The van der Waals surface area contributed by atoms with Gasteiger partial charge in [-0.05, 0) is 50.6 Å². The Morgan fingerprint density at radius 3 is 2.62 bits per heavy atom. The summed E-state index contributed by atoms with van der Waals surface area (Å²) in [5.74, 6) is 0.470. The quantitative estimate of drug-likeness (QED) is 0.706. The van der Waals surface area contributed by atoms with E-state index in [9.17, 15) is 4.79 Å². The van der Waals surface area contributed by atoms with Gasteiger partial charge < -0.3 is 9.80 Å². The molecule has 0 N–H and O–H groups in total. The molecule has 34 heavy (non-hydrogen) atoms. The van der Waals surface area contributed by atoms with Gasteiger partial charge in [-0.1, -0.05) is 19.1 Å². The van der Waals surface area contributed by atoms with Crippen molar-refractivity contribution in [2.45, 2.75) is 32.6 Å². The molecular formula is C27H30N6O. The minimum atomic E-state index is -0.0616. The fraction of sp³-hybridized carbons (Fsp3) is 0.370. The number of aromatic nitrogens is 3. The molecule has 0 unspecified atom stereocenters. The molecule has 3 aliphatic heterocycles. The van der Waals surface area contributed by atoms with E-state index < -0.39 is 0 Å². The van der Waals surface area contributed by atoms with Gasteiger partial charge in [0.05, 0.1) is 34.5 Å². The van der Waals surface area contributed by atoms with Gasteiger partial charge >= 0.3 is 0 Å².